The average molecular weight is 170 g/mol. The Morgan fingerprint density at radius 2 is 2.25 bits per heavy atom. The first kappa shape index (κ1) is 8.48. The second-order valence-corrected chi connectivity index (χ2v) is 3.80. The summed E-state index contributed by atoms with van der Waals surface area (Å²) in [7, 11) is 0. The molecular formula is C9H18N2O. The number of hydrogen-bond acceptors (Lipinski definition) is 3. The fourth-order valence-electron chi connectivity index (χ4n) is 2.02. The molecule has 0 spiro atoms. The van der Waals surface area contributed by atoms with Gasteiger partial charge in [-0.1, -0.05) is 0 Å². The third-order valence-corrected chi connectivity index (χ3v) is 3.02. The minimum atomic E-state index is 0.738. The van der Waals surface area contributed by atoms with Crippen LogP contribution in [0.3, 0.4) is 0 Å². The van der Waals surface area contributed by atoms with E-state index in [1.165, 1.54) is 25.8 Å². The largest absolute Gasteiger partial charge is 0.378 e. The van der Waals surface area contributed by atoms with Crippen LogP contribution in [-0.2, 0) is 4.74 Å². The molecule has 2 saturated heterocycles. The molecule has 0 aromatic carbocycles. The van der Waals surface area contributed by atoms with Crippen LogP contribution in [0.15, 0.2) is 0 Å². The maximum atomic E-state index is 5.48. The molecule has 3 heteroatoms. The molecular weight excluding hydrogens is 152 g/mol. The summed E-state index contributed by atoms with van der Waals surface area (Å²) in [5.41, 5.74) is 5.48. The first-order valence-electron chi connectivity index (χ1n) is 4.95. The van der Waals surface area contributed by atoms with Crippen molar-refractivity contribution in [2.75, 3.05) is 26.3 Å². The number of nitrogens with zero attached hydrogens (tertiary/aromatic N) is 1. The number of rotatable bonds is 4. The molecule has 2 aliphatic rings. The van der Waals surface area contributed by atoms with Gasteiger partial charge in [0.05, 0.1) is 19.3 Å². The summed E-state index contributed by atoms with van der Waals surface area (Å²) in [5, 5.41) is 0. The van der Waals surface area contributed by atoms with Crippen LogP contribution in [0.4, 0.5) is 0 Å². The van der Waals surface area contributed by atoms with Gasteiger partial charge < -0.3 is 10.5 Å². The third kappa shape index (κ3) is 1.49. The molecule has 70 valence electrons. The molecule has 0 bridgehead atoms. The average Bonchev–Trinajstić information content (AvgIpc) is 1.95. The predicted octanol–water partition coefficient (Wildman–Crippen LogP) is 0.198. The standard InChI is InChI=1S/C9H18N2O/c10-4-1-2-8-3-5-11(8)9-6-12-7-9/h8-9H,1-7,10H2. The number of nitrogens with two attached hydrogens (primary N) is 1. The van der Waals surface area contributed by atoms with Gasteiger partial charge in [-0.2, -0.15) is 0 Å². The molecule has 0 radical (unpaired) electrons. The maximum Gasteiger partial charge on any atom is 0.0645 e. The Kier molecular flexibility index (Phi) is 2.63. The Labute approximate surface area is 73.9 Å². The van der Waals surface area contributed by atoms with Crippen molar-refractivity contribution in [1.82, 2.24) is 4.90 Å². The van der Waals surface area contributed by atoms with Gasteiger partial charge in [0.1, 0.15) is 0 Å². The summed E-state index contributed by atoms with van der Waals surface area (Å²) < 4.78 is 5.18. The SMILES string of the molecule is NCCCC1CCN1C1COC1. The van der Waals surface area contributed by atoms with Crippen LogP contribution < -0.4 is 5.73 Å². The predicted molar refractivity (Wildman–Crippen MR) is 48.0 cm³/mol. The first-order chi connectivity index (χ1) is 5.92. The first-order valence-corrected chi connectivity index (χ1v) is 4.95. The highest BCUT2D eigenvalue weighted by atomic mass is 16.5. The fraction of sp³-hybridized carbons (Fsp3) is 1.00. The van der Waals surface area contributed by atoms with Crippen molar-refractivity contribution in [2.45, 2.75) is 31.3 Å². The molecule has 3 nitrogen and oxygen atoms in total. The van der Waals surface area contributed by atoms with E-state index in [0.717, 1.165) is 31.8 Å². The highest BCUT2D eigenvalue weighted by molar-refractivity contribution is 4.90. The molecule has 0 aliphatic carbocycles. The van der Waals surface area contributed by atoms with E-state index in [9.17, 15) is 0 Å². The van der Waals surface area contributed by atoms with Gasteiger partial charge in [-0.25, -0.2) is 0 Å². The zero-order valence-corrected chi connectivity index (χ0v) is 7.54. The fourth-order valence-corrected chi connectivity index (χ4v) is 2.02. The van der Waals surface area contributed by atoms with Gasteiger partial charge in [-0.05, 0) is 25.8 Å². The van der Waals surface area contributed by atoms with Crippen LogP contribution in [0.25, 0.3) is 0 Å². The second-order valence-electron chi connectivity index (χ2n) is 3.80. The summed E-state index contributed by atoms with van der Waals surface area (Å²) >= 11 is 0. The highest BCUT2D eigenvalue weighted by Gasteiger charge is 2.36. The lowest BCUT2D eigenvalue weighted by Gasteiger charge is -2.49. The zero-order valence-electron chi connectivity index (χ0n) is 7.54. The molecule has 0 aromatic rings. The van der Waals surface area contributed by atoms with E-state index >= 15 is 0 Å². The summed E-state index contributed by atoms with van der Waals surface area (Å²) in [6, 6.07) is 1.56. The van der Waals surface area contributed by atoms with Gasteiger partial charge in [-0.15, -0.1) is 0 Å². The summed E-state index contributed by atoms with van der Waals surface area (Å²) in [4.78, 5) is 2.58. The molecule has 2 heterocycles. The van der Waals surface area contributed by atoms with Gasteiger partial charge in [0.15, 0.2) is 0 Å². The minimum absolute atomic E-state index is 0.738. The van der Waals surface area contributed by atoms with Gasteiger partial charge in [0.2, 0.25) is 0 Å². The van der Waals surface area contributed by atoms with Crippen molar-refractivity contribution in [3.8, 4) is 0 Å². The van der Waals surface area contributed by atoms with E-state index in [1.54, 1.807) is 0 Å². The van der Waals surface area contributed by atoms with Crippen LogP contribution in [0.2, 0.25) is 0 Å². The lowest BCUT2D eigenvalue weighted by Crippen LogP contribution is -2.60. The molecule has 2 rings (SSSR count). The topological polar surface area (TPSA) is 38.5 Å². The Morgan fingerprint density at radius 3 is 2.67 bits per heavy atom. The normalized spacial score (nSPS) is 31.2. The number of likely N-dealkylation sites (tertiary alicyclic amines) is 1. The van der Waals surface area contributed by atoms with Gasteiger partial charge in [0, 0.05) is 12.6 Å². The van der Waals surface area contributed by atoms with E-state index in [-0.39, 0.29) is 0 Å². The van der Waals surface area contributed by atoms with Crippen LogP contribution in [0, 0.1) is 0 Å². The molecule has 0 saturated carbocycles. The minimum Gasteiger partial charge on any atom is -0.378 e. The maximum absolute atomic E-state index is 5.48. The Balaban J connectivity index is 1.69. The Hall–Kier alpha value is -0.120. The van der Waals surface area contributed by atoms with Crippen molar-refractivity contribution in [3.05, 3.63) is 0 Å². The van der Waals surface area contributed by atoms with E-state index in [4.69, 9.17) is 10.5 Å². The molecule has 0 amide bonds. The zero-order chi connectivity index (χ0) is 8.39. The summed E-state index contributed by atoms with van der Waals surface area (Å²) in [6.45, 7) is 4.03. The van der Waals surface area contributed by atoms with Crippen LogP contribution in [-0.4, -0.2) is 43.3 Å². The lowest BCUT2D eigenvalue weighted by atomic mass is 9.94. The van der Waals surface area contributed by atoms with Crippen molar-refractivity contribution in [3.63, 3.8) is 0 Å². The second kappa shape index (κ2) is 3.73. The van der Waals surface area contributed by atoms with Crippen molar-refractivity contribution < 1.29 is 4.74 Å². The van der Waals surface area contributed by atoms with Crippen LogP contribution in [0.5, 0.6) is 0 Å². The van der Waals surface area contributed by atoms with E-state index < -0.39 is 0 Å². The van der Waals surface area contributed by atoms with Gasteiger partial charge >= 0.3 is 0 Å². The third-order valence-electron chi connectivity index (χ3n) is 3.02. The van der Waals surface area contributed by atoms with E-state index in [1.807, 2.05) is 0 Å². The molecule has 2 N–H and O–H groups in total. The Bertz CT molecular complexity index is 147. The molecule has 0 aromatic heterocycles. The van der Waals surface area contributed by atoms with Crippen molar-refractivity contribution >= 4 is 0 Å². The highest BCUT2D eigenvalue weighted by Crippen LogP contribution is 2.27. The smallest absolute Gasteiger partial charge is 0.0645 e. The van der Waals surface area contributed by atoms with E-state index in [0.29, 0.717) is 0 Å². The quantitative estimate of drug-likeness (QED) is 0.655. The van der Waals surface area contributed by atoms with Crippen molar-refractivity contribution in [1.29, 1.82) is 0 Å². The van der Waals surface area contributed by atoms with Gasteiger partial charge in [-0.3, -0.25) is 4.90 Å². The summed E-state index contributed by atoms with van der Waals surface area (Å²) in [5.74, 6) is 0. The summed E-state index contributed by atoms with van der Waals surface area (Å²) in [6.07, 6.45) is 3.83. The van der Waals surface area contributed by atoms with Gasteiger partial charge in [0.25, 0.3) is 0 Å². The number of ether oxygens (including phenoxy) is 1. The molecule has 2 fully saturated rings. The number of hydrogen-bond donors (Lipinski definition) is 1. The van der Waals surface area contributed by atoms with Crippen LogP contribution in [0.1, 0.15) is 19.3 Å². The van der Waals surface area contributed by atoms with Crippen molar-refractivity contribution in [2.24, 2.45) is 5.73 Å². The van der Waals surface area contributed by atoms with E-state index in [2.05, 4.69) is 4.90 Å². The lowest BCUT2D eigenvalue weighted by molar-refractivity contribution is -0.110. The molecule has 1 atom stereocenters. The Morgan fingerprint density at radius 1 is 1.42 bits per heavy atom. The molecule has 12 heavy (non-hydrogen) atoms. The van der Waals surface area contributed by atoms with Crippen LogP contribution >= 0.6 is 0 Å². The molecule has 2 aliphatic heterocycles. The molecule has 1 unspecified atom stereocenters. The monoisotopic (exact) mass is 170 g/mol.